The molecule has 5 heteroatoms. The van der Waals surface area contributed by atoms with Crippen molar-refractivity contribution in [2.75, 3.05) is 13.1 Å². The fourth-order valence-corrected chi connectivity index (χ4v) is 2.86. The van der Waals surface area contributed by atoms with E-state index in [0.717, 1.165) is 25.1 Å². The minimum Gasteiger partial charge on any atom is -0.315 e. The normalized spacial score (nSPS) is 22.1. The predicted octanol–water partition coefficient (Wildman–Crippen LogP) is 1.28. The molecule has 2 rings (SSSR count). The summed E-state index contributed by atoms with van der Waals surface area (Å²) in [6.45, 7) is 3.81. The van der Waals surface area contributed by atoms with Gasteiger partial charge in [0, 0.05) is 12.7 Å². The van der Waals surface area contributed by atoms with Crippen LogP contribution in [0.2, 0.25) is 0 Å². The summed E-state index contributed by atoms with van der Waals surface area (Å²) in [5.41, 5.74) is 1.11. The number of pyridine rings is 1. The molecule has 0 bridgehead atoms. The van der Waals surface area contributed by atoms with E-state index in [1.165, 1.54) is 0 Å². The molecule has 0 saturated carbocycles. The molecule has 1 fully saturated rings. The first kappa shape index (κ1) is 12.6. The summed E-state index contributed by atoms with van der Waals surface area (Å²) in [6.07, 6.45) is 2.76. The van der Waals surface area contributed by atoms with Crippen LogP contribution in [0.3, 0.4) is 0 Å². The van der Waals surface area contributed by atoms with Gasteiger partial charge in [-0.15, -0.1) is 12.4 Å². The first-order chi connectivity index (χ1) is 6.77. The summed E-state index contributed by atoms with van der Waals surface area (Å²) < 4.78 is 12.0. The first-order valence-corrected chi connectivity index (χ1v) is 6.02. The molecule has 15 heavy (non-hydrogen) atoms. The van der Waals surface area contributed by atoms with E-state index in [-0.39, 0.29) is 17.7 Å². The predicted molar refractivity (Wildman–Crippen MR) is 63.9 cm³/mol. The molecule has 0 amide bonds. The number of halogens is 1. The van der Waals surface area contributed by atoms with E-state index in [2.05, 4.69) is 10.3 Å². The van der Waals surface area contributed by atoms with Crippen LogP contribution in [0.25, 0.3) is 0 Å². The molecule has 2 heterocycles. The Bertz CT molecular complexity index is 336. The molecule has 1 saturated heterocycles. The molecule has 1 aromatic rings. The van der Waals surface area contributed by atoms with Gasteiger partial charge >= 0.3 is 0 Å². The molecule has 1 aliphatic heterocycles. The van der Waals surface area contributed by atoms with Gasteiger partial charge in [-0.05, 0) is 31.5 Å². The van der Waals surface area contributed by atoms with Crippen LogP contribution in [-0.2, 0) is 10.8 Å². The van der Waals surface area contributed by atoms with Gasteiger partial charge < -0.3 is 5.32 Å². The van der Waals surface area contributed by atoms with E-state index < -0.39 is 10.8 Å². The first-order valence-electron chi connectivity index (χ1n) is 4.81. The van der Waals surface area contributed by atoms with Gasteiger partial charge in [0.25, 0.3) is 0 Å². The third kappa shape index (κ3) is 3.00. The maximum absolute atomic E-state index is 12.0. The Morgan fingerprint density at radius 2 is 2.33 bits per heavy atom. The van der Waals surface area contributed by atoms with E-state index in [1.807, 2.05) is 19.1 Å². The Labute approximate surface area is 98.5 Å². The van der Waals surface area contributed by atoms with Crippen molar-refractivity contribution >= 4 is 23.2 Å². The average molecular weight is 247 g/mol. The third-order valence-corrected chi connectivity index (χ3v) is 4.07. The fourth-order valence-electron chi connectivity index (χ4n) is 1.55. The summed E-state index contributed by atoms with van der Waals surface area (Å²) in [4.78, 5) is 4.19. The molecular weight excluding hydrogens is 232 g/mol. The minimum absolute atomic E-state index is 0. The molecule has 0 unspecified atom stereocenters. The van der Waals surface area contributed by atoms with Crippen molar-refractivity contribution in [2.24, 2.45) is 0 Å². The van der Waals surface area contributed by atoms with Crippen molar-refractivity contribution in [3.8, 4) is 0 Å². The maximum atomic E-state index is 12.0. The average Bonchev–Trinajstić information content (AvgIpc) is 2.71. The van der Waals surface area contributed by atoms with E-state index in [0.29, 0.717) is 5.03 Å². The van der Waals surface area contributed by atoms with Gasteiger partial charge in [0.15, 0.2) is 0 Å². The molecule has 1 aromatic heterocycles. The molecule has 0 aliphatic carbocycles. The van der Waals surface area contributed by atoms with Gasteiger partial charge in [0.2, 0.25) is 0 Å². The van der Waals surface area contributed by atoms with E-state index in [4.69, 9.17) is 0 Å². The van der Waals surface area contributed by atoms with Gasteiger partial charge in [0.05, 0.1) is 16.0 Å². The minimum atomic E-state index is -0.941. The maximum Gasteiger partial charge on any atom is 0.127 e. The van der Waals surface area contributed by atoms with Gasteiger partial charge in [-0.1, -0.05) is 6.07 Å². The summed E-state index contributed by atoms with van der Waals surface area (Å²) in [6, 6.07) is 3.83. The van der Waals surface area contributed by atoms with Crippen LogP contribution in [-0.4, -0.2) is 27.5 Å². The Hall–Kier alpha value is -0.450. The second-order valence-electron chi connectivity index (χ2n) is 3.59. The number of rotatable bonds is 2. The Morgan fingerprint density at radius 3 is 2.87 bits per heavy atom. The molecule has 1 N–H and O–H groups in total. The number of nitrogens with zero attached hydrogens (tertiary/aromatic N) is 1. The molecule has 0 spiro atoms. The summed E-state index contributed by atoms with van der Waals surface area (Å²) in [5, 5.41) is 4.17. The van der Waals surface area contributed by atoms with Crippen LogP contribution in [0.1, 0.15) is 12.0 Å². The fraction of sp³-hybridized carbons (Fsp3) is 0.500. The molecular formula is C10H15ClN2OS. The highest BCUT2D eigenvalue weighted by Gasteiger charge is 2.22. The summed E-state index contributed by atoms with van der Waals surface area (Å²) in [5.74, 6) is 0. The van der Waals surface area contributed by atoms with Gasteiger partial charge in [0.1, 0.15) is 5.03 Å². The second-order valence-corrected chi connectivity index (χ2v) is 5.27. The highest BCUT2D eigenvalue weighted by molar-refractivity contribution is 7.85. The van der Waals surface area contributed by atoms with Crippen molar-refractivity contribution in [3.05, 3.63) is 23.9 Å². The van der Waals surface area contributed by atoms with Crippen molar-refractivity contribution < 1.29 is 4.21 Å². The lowest BCUT2D eigenvalue weighted by atomic mass is 10.3. The Morgan fingerprint density at radius 1 is 1.53 bits per heavy atom. The molecule has 0 radical (unpaired) electrons. The lowest BCUT2D eigenvalue weighted by molar-refractivity contribution is 0.669. The number of aryl methyl sites for hydroxylation is 1. The highest BCUT2D eigenvalue weighted by atomic mass is 35.5. The monoisotopic (exact) mass is 246 g/mol. The SMILES string of the molecule is Cc1ccc([S@@](=O)[C@@H]2CCNC2)nc1.Cl. The topological polar surface area (TPSA) is 42.0 Å². The number of hydrogen-bond donors (Lipinski definition) is 1. The Kier molecular flexibility index (Phi) is 4.70. The van der Waals surface area contributed by atoms with Gasteiger partial charge in [-0.2, -0.15) is 0 Å². The van der Waals surface area contributed by atoms with Crippen LogP contribution in [0, 0.1) is 6.92 Å². The zero-order chi connectivity index (χ0) is 9.97. The lowest BCUT2D eigenvalue weighted by Gasteiger charge is -2.07. The standard InChI is InChI=1S/C10H14N2OS.ClH/c1-8-2-3-10(12-6-8)14(13)9-4-5-11-7-9;/h2-3,6,9,11H,4-5,7H2,1H3;1H/t9-,14+;/m1./s1. The number of hydrogen-bond acceptors (Lipinski definition) is 3. The van der Waals surface area contributed by atoms with Crippen molar-refractivity contribution in [3.63, 3.8) is 0 Å². The largest absolute Gasteiger partial charge is 0.315 e. The summed E-state index contributed by atoms with van der Waals surface area (Å²) in [7, 11) is -0.941. The lowest BCUT2D eigenvalue weighted by Crippen LogP contribution is -2.19. The zero-order valence-electron chi connectivity index (χ0n) is 8.60. The van der Waals surface area contributed by atoms with Crippen LogP contribution in [0.4, 0.5) is 0 Å². The van der Waals surface area contributed by atoms with Crippen LogP contribution >= 0.6 is 12.4 Å². The molecule has 84 valence electrons. The molecule has 0 aromatic carbocycles. The smallest absolute Gasteiger partial charge is 0.127 e. The van der Waals surface area contributed by atoms with Gasteiger partial charge in [-0.3, -0.25) is 4.21 Å². The van der Waals surface area contributed by atoms with Crippen molar-refractivity contribution in [2.45, 2.75) is 23.6 Å². The van der Waals surface area contributed by atoms with E-state index >= 15 is 0 Å². The van der Waals surface area contributed by atoms with Crippen LogP contribution in [0.5, 0.6) is 0 Å². The molecule has 2 atom stereocenters. The summed E-state index contributed by atoms with van der Waals surface area (Å²) >= 11 is 0. The molecule has 1 aliphatic rings. The van der Waals surface area contributed by atoms with Crippen LogP contribution in [0.15, 0.2) is 23.4 Å². The van der Waals surface area contributed by atoms with E-state index in [9.17, 15) is 4.21 Å². The quantitative estimate of drug-likeness (QED) is 0.855. The van der Waals surface area contributed by atoms with Crippen molar-refractivity contribution in [1.82, 2.24) is 10.3 Å². The number of aromatic nitrogens is 1. The molecule has 3 nitrogen and oxygen atoms in total. The van der Waals surface area contributed by atoms with E-state index in [1.54, 1.807) is 6.20 Å². The third-order valence-electron chi connectivity index (χ3n) is 2.41. The highest BCUT2D eigenvalue weighted by Crippen LogP contribution is 2.14. The Balaban J connectivity index is 0.00000112. The van der Waals surface area contributed by atoms with Crippen LogP contribution < -0.4 is 5.32 Å². The van der Waals surface area contributed by atoms with Gasteiger partial charge in [-0.25, -0.2) is 4.98 Å². The van der Waals surface area contributed by atoms with Crippen molar-refractivity contribution in [1.29, 1.82) is 0 Å². The second kappa shape index (κ2) is 5.58. The number of nitrogens with one attached hydrogen (secondary N) is 1. The zero-order valence-corrected chi connectivity index (χ0v) is 10.2.